The van der Waals surface area contributed by atoms with Gasteiger partial charge in [-0.2, -0.15) is 10.2 Å². The summed E-state index contributed by atoms with van der Waals surface area (Å²) in [6, 6.07) is 7.37. The molecule has 0 amide bonds. The van der Waals surface area contributed by atoms with E-state index in [-0.39, 0.29) is 11.5 Å². The first-order chi connectivity index (χ1) is 9.81. The van der Waals surface area contributed by atoms with E-state index in [9.17, 15) is 0 Å². The number of nitriles is 1. The van der Waals surface area contributed by atoms with Gasteiger partial charge in [0.15, 0.2) is 5.82 Å². The Hall–Kier alpha value is -2.35. The first kappa shape index (κ1) is 15.0. The highest BCUT2D eigenvalue weighted by Gasteiger charge is 2.22. The van der Waals surface area contributed by atoms with Crippen LogP contribution in [0.1, 0.15) is 46.0 Å². The zero-order valence-electron chi connectivity index (χ0n) is 13.0. The highest BCUT2D eigenvalue weighted by molar-refractivity contribution is 5.60. The third-order valence-electron chi connectivity index (χ3n) is 2.81. The molecule has 2 aromatic rings. The minimum atomic E-state index is -0.175. The lowest BCUT2D eigenvalue weighted by molar-refractivity contribution is 0.242. The highest BCUT2D eigenvalue weighted by Crippen LogP contribution is 2.28. The van der Waals surface area contributed by atoms with Crippen molar-refractivity contribution in [3.05, 3.63) is 29.6 Å². The lowest BCUT2D eigenvalue weighted by Crippen LogP contribution is -2.13. The summed E-state index contributed by atoms with van der Waals surface area (Å²) in [4.78, 5) is 4.41. The van der Waals surface area contributed by atoms with Crippen LogP contribution >= 0.6 is 0 Å². The summed E-state index contributed by atoms with van der Waals surface area (Å²) in [5.41, 5.74) is 1.06. The molecule has 0 N–H and O–H groups in total. The normalized spacial score (nSPS) is 11.5. The quantitative estimate of drug-likeness (QED) is 0.860. The van der Waals surface area contributed by atoms with Crippen molar-refractivity contribution in [1.82, 2.24) is 10.1 Å². The van der Waals surface area contributed by atoms with Crippen LogP contribution in [0, 0.1) is 11.3 Å². The number of aromatic nitrogens is 2. The molecule has 0 fully saturated rings. The van der Waals surface area contributed by atoms with Gasteiger partial charge in [0.1, 0.15) is 11.8 Å². The van der Waals surface area contributed by atoms with E-state index in [1.165, 1.54) is 0 Å². The molecule has 110 valence electrons. The Morgan fingerprint density at radius 2 is 2.00 bits per heavy atom. The van der Waals surface area contributed by atoms with Gasteiger partial charge in [-0.1, -0.05) is 25.9 Å². The molecular weight excluding hydrogens is 266 g/mol. The van der Waals surface area contributed by atoms with E-state index in [1.54, 1.807) is 18.2 Å². The van der Waals surface area contributed by atoms with Crippen molar-refractivity contribution in [2.75, 3.05) is 0 Å². The molecule has 1 aromatic heterocycles. The molecule has 0 saturated carbocycles. The molecule has 0 saturated heterocycles. The van der Waals surface area contributed by atoms with E-state index in [2.05, 4.69) is 16.2 Å². The fourth-order valence-corrected chi connectivity index (χ4v) is 1.74. The summed E-state index contributed by atoms with van der Waals surface area (Å²) < 4.78 is 11.0. The van der Waals surface area contributed by atoms with Crippen molar-refractivity contribution < 1.29 is 9.26 Å². The van der Waals surface area contributed by atoms with Crippen LogP contribution in [0.15, 0.2) is 22.7 Å². The summed E-state index contributed by atoms with van der Waals surface area (Å²) in [5, 5.41) is 13.1. The van der Waals surface area contributed by atoms with Crippen LogP contribution in [0.25, 0.3) is 11.5 Å². The standard InChI is InChI=1S/C16H19N3O2/c1-10(2)20-13-8-11(6-7-12(13)9-17)14-18-15(19-21-14)16(3,4)5/h6-8,10H,1-5H3. The van der Waals surface area contributed by atoms with Crippen molar-refractivity contribution in [2.45, 2.75) is 46.1 Å². The second-order valence-corrected chi connectivity index (χ2v) is 6.16. The average Bonchev–Trinajstić information content (AvgIpc) is 2.87. The van der Waals surface area contributed by atoms with Gasteiger partial charge in [-0.25, -0.2) is 0 Å². The summed E-state index contributed by atoms with van der Waals surface area (Å²) in [6.45, 7) is 9.89. The topological polar surface area (TPSA) is 71.9 Å². The molecule has 0 bridgehead atoms. The molecule has 0 spiro atoms. The lowest BCUT2D eigenvalue weighted by Gasteiger charge is -2.12. The molecule has 5 nitrogen and oxygen atoms in total. The van der Waals surface area contributed by atoms with Crippen molar-refractivity contribution in [1.29, 1.82) is 5.26 Å². The number of benzene rings is 1. The predicted octanol–water partition coefficient (Wildman–Crippen LogP) is 3.69. The minimum absolute atomic E-state index is 0.0137. The van der Waals surface area contributed by atoms with Crippen LogP contribution in [-0.2, 0) is 5.41 Å². The Kier molecular flexibility index (Phi) is 3.99. The molecule has 5 heteroatoms. The zero-order chi connectivity index (χ0) is 15.6. The third-order valence-corrected chi connectivity index (χ3v) is 2.81. The SMILES string of the molecule is CC(C)Oc1cc(-c2nc(C(C)(C)C)no2)ccc1C#N. The van der Waals surface area contributed by atoms with Gasteiger partial charge < -0.3 is 9.26 Å². The maximum absolute atomic E-state index is 9.12. The van der Waals surface area contributed by atoms with Crippen molar-refractivity contribution in [3.63, 3.8) is 0 Å². The monoisotopic (exact) mass is 285 g/mol. The van der Waals surface area contributed by atoms with E-state index >= 15 is 0 Å². The summed E-state index contributed by atoms with van der Waals surface area (Å²) >= 11 is 0. The van der Waals surface area contributed by atoms with Crippen LogP contribution in [0.5, 0.6) is 5.75 Å². The fraction of sp³-hybridized carbons (Fsp3) is 0.438. The van der Waals surface area contributed by atoms with Crippen molar-refractivity contribution in [2.24, 2.45) is 0 Å². The van der Waals surface area contributed by atoms with Gasteiger partial charge in [-0.15, -0.1) is 0 Å². The second-order valence-electron chi connectivity index (χ2n) is 6.16. The van der Waals surface area contributed by atoms with Crippen LogP contribution in [0.2, 0.25) is 0 Å². The van der Waals surface area contributed by atoms with Gasteiger partial charge in [0.05, 0.1) is 11.7 Å². The van der Waals surface area contributed by atoms with E-state index in [0.717, 1.165) is 5.56 Å². The average molecular weight is 285 g/mol. The molecule has 0 radical (unpaired) electrons. The van der Waals surface area contributed by atoms with Crippen molar-refractivity contribution in [3.8, 4) is 23.3 Å². The van der Waals surface area contributed by atoms with Gasteiger partial charge in [0.25, 0.3) is 5.89 Å². The maximum Gasteiger partial charge on any atom is 0.258 e. The Balaban J connectivity index is 2.41. The number of ether oxygens (including phenoxy) is 1. The molecule has 2 rings (SSSR count). The summed E-state index contributed by atoms with van der Waals surface area (Å²) in [5.74, 6) is 1.60. The van der Waals surface area contributed by atoms with Crippen LogP contribution in [0.4, 0.5) is 0 Å². The Morgan fingerprint density at radius 3 is 2.52 bits per heavy atom. The molecule has 0 aliphatic heterocycles. The van der Waals surface area contributed by atoms with Crippen LogP contribution in [0.3, 0.4) is 0 Å². The second kappa shape index (κ2) is 5.57. The highest BCUT2D eigenvalue weighted by atomic mass is 16.5. The van der Waals surface area contributed by atoms with Gasteiger partial charge in [0, 0.05) is 11.0 Å². The Labute approximate surface area is 124 Å². The Bertz CT molecular complexity index is 676. The molecule has 1 heterocycles. The maximum atomic E-state index is 9.12. The first-order valence-corrected chi connectivity index (χ1v) is 6.86. The number of nitrogens with zero attached hydrogens (tertiary/aromatic N) is 3. The molecule has 0 unspecified atom stereocenters. The molecule has 0 atom stereocenters. The predicted molar refractivity (Wildman–Crippen MR) is 78.9 cm³/mol. The molecule has 0 aliphatic rings. The van der Waals surface area contributed by atoms with Gasteiger partial charge >= 0.3 is 0 Å². The van der Waals surface area contributed by atoms with Crippen LogP contribution in [-0.4, -0.2) is 16.2 Å². The Morgan fingerprint density at radius 1 is 1.29 bits per heavy atom. The number of rotatable bonds is 3. The van der Waals surface area contributed by atoms with E-state index in [1.807, 2.05) is 34.6 Å². The van der Waals surface area contributed by atoms with Crippen molar-refractivity contribution >= 4 is 0 Å². The fourth-order valence-electron chi connectivity index (χ4n) is 1.74. The van der Waals surface area contributed by atoms with Crippen LogP contribution < -0.4 is 4.74 Å². The first-order valence-electron chi connectivity index (χ1n) is 6.86. The number of hydrogen-bond donors (Lipinski definition) is 0. The minimum Gasteiger partial charge on any atom is -0.490 e. The van der Waals surface area contributed by atoms with Gasteiger partial charge in [-0.3, -0.25) is 0 Å². The smallest absolute Gasteiger partial charge is 0.258 e. The van der Waals surface area contributed by atoms with E-state index in [0.29, 0.717) is 23.0 Å². The van der Waals surface area contributed by atoms with Gasteiger partial charge in [-0.05, 0) is 32.0 Å². The largest absolute Gasteiger partial charge is 0.490 e. The number of hydrogen-bond acceptors (Lipinski definition) is 5. The molecular formula is C16H19N3O2. The summed E-state index contributed by atoms with van der Waals surface area (Å²) in [7, 11) is 0. The summed E-state index contributed by atoms with van der Waals surface area (Å²) in [6.07, 6.45) is -0.0137. The molecule has 21 heavy (non-hydrogen) atoms. The van der Waals surface area contributed by atoms with E-state index < -0.39 is 0 Å². The van der Waals surface area contributed by atoms with E-state index in [4.69, 9.17) is 14.5 Å². The third kappa shape index (κ3) is 3.40. The zero-order valence-corrected chi connectivity index (χ0v) is 13.0. The molecule has 1 aromatic carbocycles. The molecule has 0 aliphatic carbocycles. The lowest BCUT2D eigenvalue weighted by atomic mass is 9.96. The van der Waals surface area contributed by atoms with Gasteiger partial charge in [0.2, 0.25) is 0 Å².